The first-order valence-corrected chi connectivity index (χ1v) is 8.37. The number of hydrogen-bond acceptors (Lipinski definition) is 4. The van der Waals surface area contributed by atoms with Crippen LogP contribution in [0.15, 0.2) is 48.5 Å². The van der Waals surface area contributed by atoms with Crippen molar-refractivity contribution in [3.63, 3.8) is 0 Å². The van der Waals surface area contributed by atoms with Gasteiger partial charge in [0, 0.05) is 18.7 Å². The minimum atomic E-state index is -4.78. The molecule has 1 aliphatic heterocycles. The molecule has 2 aromatic rings. The molecule has 0 spiro atoms. The Bertz CT molecular complexity index is 868. The normalized spacial score (nSPS) is 16.8. The maximum absolute atomic E-state index is 12.5. The van der Waals surface area contributed by atoms with Crippen LogP contribution in [0.5, 0.6) is 11.5 Å². The van der Waals surface area contributed by atoms with Gasteiger partial charge in [-0.15, -0.1) is 13.2 Å². The van der Waals surface area contributed by atoms with Crippen molar-refractivity contribution in [3.8, 4) is 11.5 Å². The number of carbonyl (C=O) groups is 2. The number of nitrogens with zero attached hydrogens (tertiary/aromatic N) is 1. The van der Waals surface area contributed by atoms with Crippen molar-refractivity contribution < 1.29 is 32.2 Å². The Balaban J connectivity index is 1.65. The van der Waals surface area contributed by atoms with Gasteiger partial charge in [-0.3, -0.25) is 9.59 Å². The highest BCUT2D eigenvalue weighted by atomic mass is 19.4. The van der Waals surface area contributed by atoms with Crippen LogP contribution in [0.1, 0.15) is 6.42 Å². The molecule has 0 bridgehead atoms. The van der Waals surface area contributed by atoms with E-state index < -0.39 is 18.2 Å². The monoisotopic (exact) mass is 394 g/mol. The lowest BCUT2D eigenvalue weighted by atomic mass is 10.1. The van der Waals surface area contributed by atoms with Crippen molar-refractivity contribution in [3.05, 3.63) is 48.5 Å². The van der Waals surface area contributed by atoms with Crippen molar-refractivity contribution in [2.24, 2.45) is 5.92 Å². The lowest BCUT2D eigenvalue weighted by Crippen LogP contribution is -2.28. The van der Waals surface area contributed by atoms with Gasteiger partial charge >= 0.3 is 6.36 Å². The number of hydrogen-bond donors (Lipinski definition) is 1. The van der Waals surface area contributed by atoms with E-state index in [9.17, 15) is 22.8 Å². The van der Waals surface area contributed by atoms with E-state index in [-0.39, 0.29) is 24.6 Å². The highest BCUT2D eigenvalue weighted by Crippen LogP contribution is 2.33. The molecule has 9 heteroatoms. The number of rotatable bonds is 5. The first-order chi connectivity index (χ1) is 13.3. The second-order valence-corrected chi connectivity index (χ2v) is 6.14. The molecule has 148 valence electrons. The van der Waals surface area contributed by atoms with Gasteiger partial charge in [0.15, 0.2) is 0 Å². The fourth-order valence-corrected chi connectivity index (χ4v) is 2.95. The molecule has 6 nitrogen and oxygen atoms in total. The molecule has 1 N–H and O–H groups in total. The molecule has 2 aromatic carbocycles. The van der Waals surface area contributed by atoms with Gasteiger partial charge < -0.3 is 19.7 Å². The summed E-state index contributed by atoms with van der Waals surface area (Å²) in [4.78, 5) is 26.3. The van der Waals surface area contributed by atoms with Crippen LogP contribution in [0.3, 0.4) is 0 Å². The Morgan fingerprint density at radius 3 is 2.46 bits per heavy atom. The Morgan fingerprint density at radius 1 is 1.14 bits per heavy atom. The van der Waals surface area contributed by atoms with Gasteiger partial charge in [-0.05, 0) is 36.4 Å². The second-order valence-electron chi connectivity index (χ2n) is 6.14. The van der Waals surface area contributed by atoms with Crippen molar-refractivity contribution in [1.82, 2.24) is 0 Å². The van der Waals surface area contributed by atoms with E-state index in [0.29, 0.717) is 17.1 Å². The molecule has 0 saturated carbocycles. The van der Waals surface area contributed by atoms with Crippen molar-refractivity contribution in [2.75, 3.05) is 23.9 Å². The molecule has 3 rings (SSSR count). The quantitative estimate of drug-likeness (QED) is 0.842. The summed E-state index contributed by atoms with van der Waals surface area (Å²) in [5.74, 6) is -1.06. The summed E-state index contributed by atoms with van der Waals surface area (Å²) in [6, 6.07) is 11.8. The van der Waals surface area contributed by atoms with E-state index in [1.54, 1.807) is 24.3 Å². The molecule has 0 aromatic heterocycles. The Labute approximate surface area is 158 Å². The highest BCUT2D eigenvalue weighted by molar-refractivity contribution is 6.04. The lowest BCUT2D eigenvalue weighted by molar-refractivity contribution is -0.274. The number of para-hydroxylation sites is 2. The molecule has 0 radical (unpaired) electrons. The Kier molecular flexibility index (Phi) is 5.43. The van der Waals surface area contributed by atoms with Crippen molar-refractivity contribution in [1.29, 1.82) is 0 Å². The summed E-state index contributed by atoms with van der Waals surface area (Å²) < 4.78 is 45.6. The lowest BCUT2D eigenvalue weighted by Gasteiger charge is -2.19. The fourth-order valence-electron chi connectivity index (χ4n) is 2.95. The topological polar surface area (TPSA) is 67.9 Å². The minimum absolute atomic E-state index is 0.0269. The van der Waals surface area contributed by atoms with Gasteiger partial charge in [0.25, 0.3) is 0 Å². The number of methoxy groups -OCH3 is 1. The standard InChI is InChI=1S/C19H17F3N2O4/c1-27-16-5-3-2-4-15(16)24-11-12(10-17(24)25)18(26)23-13-6-8-14(9-7-13)28-19(20,21)22/h2-9,12H,10-11H2,1H3,(H,23,26)/t12-/m0/s1. The second kappa shape index (κ2) is 7.79. The van der Waals surface area contributed by atoms with Gasteiger partial charge in [-0.25, -0.2) is 0 Å². The average Bonchev–Trinajstić information content (AvgIpc) is 3.04. The fraction of sp³-hybridized carbons (Fsp3) is 0.263. The summed E-state index contributed by atoms with van der Waals surface area (Å²) in [6.45, 7) is 0.181. The molecule has 1 heterocycles. The summed E-state index contributed by atoms with van der Waals surface area (Å²) in [7, 11) is 1.50. The number of amides is 2. The van der Waals surface area contributed by atoms with E-state index in [1.165, 1.54) is 24.1 Å². The van der Waals surface area contributed by atoms with Crippen LogP contribution >= 0.6 is 0 Å². The van der Waals surface area contributed by atoms with Crippen LogP contribution in [0, 0.1) is 5.92 Å². The van der Waals surface area contributed by atoms with Crippen molar-refractivity contribution in [2.45, 2.75) is 12.8 Å². The third-order valence-electron chi connectivity index (χ3n) is 4.23. The van der Waals surface area contributed by atoms with E-state index in [0.717, 1.165) is 12.1 Å². The highest BCUT2D eigenvalue weighted by Gasteiger charge is 2.36. The molecule has 2 amide bonds. The predicted octanol–water partition coefficient (Wildman–Crippen LogP) is 3.59. The maximum atomic E-state index is 12.5. The number of anilines is 2. The van der Waals surface area contributed by atoms with E-state index in [2.05, 4.69) is 10.1 Å². The molecular weight excluding hydrogens is 377 g/mol. The van der Waals surface area contributed by atoms with Gasteiger partial charge in [-0.1, -0.05) is 12.1 Å². The number of nitrogens with one attached hydrogen (secondary N) is 1. The van der Waals surface area contributed by atoms with Crippen LogP contribution < -0.4 is 19.7 Å². The number of ether oxygens (including phenoxy) is 2. The Morgan fingerprint density at radius 2 is 1.82 bits per heavy atom. The van der Waals surface area contributed by atoms with Gasteiger partial charge in [0.1, 0.15) is 11.5 Å². The van der Waals surface area contributed by atoms with Crippen LogP contribution in [-0.4, -0.2) is 31.8 Å². The number of carbonyl (C=O) groups excluding carboxylic acids is 2. The number of alkyl halides is 3. The molecule has 1 fully saturated rings. The molecular formula is C19H17F3N2O4. The first kappa shape index (κ1) is 19.5. The Hall–Kier alpha value is -3.23. The molecule has 0 unspecified atom stereocenters. The van der Waals surface area contributed by atoms with Crippen LogP contribution in [-0.2, 0) is 9.59 Å². The SMILES string of the molecule is COc1ccccc1N1C[C@@H](C(=O)Nc2ccc(OC(F)(F)F)cc2)CC1=O. The molecule has 28 heavy (non-hydrogen) atoms. The molecule has 0 aliphatic carbocycles. The van der Waals surface area contributed by atoms with Crippen LogP contribution in [0.2, 0.25) is 0 Å². The van der Waals surface area contributed by atoms with Gasteiger partial charge in [0.2, 0.25) is 11.8 Å². The summed E-state index contributed by atoms with van der Waals surface area (Å²) >= 11 is 0. The number of benzene rings is 2. The molecule has 1 aliphatic rings. The van der Waals surface area contributed by atoms with E-state index in [1.807, 2.05) is 0 Å². The zero-order valence-electron chi connectivity index (χ0n) is 14.8. The average molecular weight is 394 g/mol. The van der Waals surface area contributed by atoms with Crippen molar-refractivity contribution >= 4 is 23.2 Å². The van der Waals surface area contributed by atoms with E-state index in [4.69, 9.17) is 4.74 Å². The molecule has 1 atom stereocenters. The predicted molar refractivity (Wildman–Crippen MR) is 95.2 cm³/mol. The van der Waals surface area contributed by atoms with Crippen LogP contribution in [0.4, 0.5) is 24.5 Å². The zero-order chi connectivity index (χ0) is 20.3. The summed E-state index contributed by atoms with van der Waals surface area (Å²) in [6.07, 6.45) is -4.75. The summed E-state index contributed by atoms with van der Waals surface area (Å²) in [5, 5.41) is 2.61. The zero-order valence-corrected chi connectivity index (χ0v) is 14.8. The van der Waals surface area contributed by atoms with Gasteiger partial charge in [0.05, 0.1) is 18.7 Å². The minimum Gasteiger partial charge on any atom is -0.495 e. The first-order valence-electron chi connectivity index (χ1n) is 8.37. The molecule has 1 saturated heterocycles. The summed E-state index contributed by atoms with van der Waals surface area (Å²) in [5.41, 5.74) is 0.890. The third kappa shape index (κ3) is 4.54. The third-order valence-corrected chi connectivity index (χ3v) is 4.23. The maximum Gasteiger partial charge on any atom is 0.573 e. The number of halogens is 3. The smallest absolute Gasteiger partial charge is 0.495 e. The van der Waals surface area contributed by atoms with E-state index >= 15 is 0 Å². The van der Waals surface area contributed by atoms with Crippen LogP contribution in [0.25, 0.3) is 0 Å². The largest absolute Gasteiger partial charge is 0.573 e. The van der Waals surface area contributed by atoms with Gasteiger partial charge in [-0.2, -0.15) is 0 Å².